The van der Waals surface area contributed by atoms with E-state index in [1.165, 1.54) is 0 Å². The maximum atomic E-state index is 11.0. The molecule has 0 aromatic rings. The van der Waals surface area contributed by atoms with Crippen molar-refractivity contribution in [3.8, 4) is 0 Å². The van der Waals surface area contributed by atoms with Crippen LogP contribution in [0.2, 0.25) is 0 Å². The molecule has 2 unspecified atom stereocenters. The minimum Gasteiger partial charge on any atom is -0.436 e. The summed E-state index contributed by atoms with van der Waals surface area (Å²) >= 11 is 0. The van der Waals surface area contributed by atoms with Gasteiger partial charge in [-0.15, -0.1) is 0 Å². The fraction of sp³-hybridized carbons (Fsp3) is 0.800. The molecule has 13 heavy (non-hydrogen) atoms. The first kappa shape index (κ1) is 12.6. The smallest absolute Gasteiger partial charge is 0.304 e. The summed E-state index contributed by atoms with van der Waals surface area (Å²) < 4.78 is 41.5. The molecule has 0 rings (SSSR count). The third-order valence-corrected chi connectivity index (χ3v) is 4.70. The normalized spacial score (nSPS) is 16.2. The summed E-state index contributed by atoms with van der Waals surface area (Å²) in [5.41, 5.74) is 0. The molecule has 0 N–H and O–H groups in total. The SMILES string of the molecule is CO[PH](=O)C(OC(C)=O)S(C)(=O)=O. The maximum Gasteiger partial charge on any atom is 0.304 e. The number of hydrogen-bond acceptors (Lipinski definition) is 6. The minimum atomic E-state index is -3.71. The van der Waals surface area contributed by atoms with Crippen molar-refractivity contribution in [1.82, 2.24) is 0 Å². The second-order valence-corrected chi connectivity index (χ2v) is 6.37. The molecule has 0 saturated heterocycles. The van der Waals surface area contributed by atoms with Gasteiger partial charge in [0.15, 0.2) is 9.84 Å². The van der Waals surface area contributed by atoms with Gasteiger partial charge in [0, 0.05) is 20.3 Å². The van der Waals surface area contributed by atoms with Gasteiger partial charge in [0.05, 0.1) is 0 Å². The number of carbonyl (C=O) groups is 1. The average molecular weight is 230 g/mol. The quantitative estimate of drug-likeness (QED) is 0.499. The van der Waals surface area contributed by atoms with Crippen molar-refractivity contribution in [1.29, 1.82) is 0 Å². The van der Waals surface area contributed by atoms with Crippen molar-refractivity contribution in [3.63, 3.8) is 0 Å². The van der Waals surface area contributed by atoms with Crippen LogP contribution in [0.25, 0.3) is 0 Å². The largest absolute Gasteiger partial charge is 0.436 e. The predicted molar refractivity (Wildman–Crippen MR) is 46.4 cm³/mol. The van der Waals surface area contributed by atoms with Gasteiger partial charge in [-0.05, 0) is 0 Å². The zero-order chi connectivity index (χ0) is 10.6. The molecule has 0 aromatic carbocycles. The lowest BCUT2D eigenvalue weighted by molar-refractivity contribution is -0.140. The van der Waals surface area contributed by atoms with Gasteiger partial charge in [0.2, 0.25) is 8.03 Å². The molecule has 0 aromatic heterocycles. The molecule has 0 radical (unpaired) electrons. The standard InChI is InChI=1S/C5H11O6PS/c1-4(6)11-5(12(7)10-2)13(3,8)9/h5,12H,1-3H3. The zero-order valence-corrected chi connectivity index (χ0v) is 9.25. The Kier molecular flexibility index (Phi) is 4.60. The van der Waals surface area contributed by atoms with Gasteiger partial charge in [-0.3, -0.25) is 9.36 Å². The summed E-state index contributed by atoms with van der Waals surface area (Å²) in [7, 11) is -5.52. The first-order chi connectivity index (χ1) is 5.79. The second kappa shape index (κ2) is 4.74. The molecule has 8 heteroatoms. The molecule has 0 fully saturated rings. The summed E-state index contributed by atoms with van der Waals surface area (Å²) in [4.78, 5) is 10.5. The number of hydrogen-bond donors (Lipinski definition) is 0. The maximum absolute atomic E-state index is 11.0. The van der Waals surface area contributed by atoms with Crippen LogP contribution in [0, 0.1) is 0 Å². The van der Waals surface area contributed by atoms with E-state index >= 15 is 0 Å². The number of carbonyl (C=O) groups excluding carboxylic acids is 1. The van der Waals surface area contributed by atoms with Crippen molar-refractivity contribution in [2.24, 2.45) is 0 Å². The molecule has 0 saturated carbocycles. The molecule has 78 valence electrons. The van der Waals surface area contributed by atoms with Crippen LogP contribution in [0.15, 0.2) is 0 Å². The van der Waals surface area contributed by atoms with Gasteiger partial charge < -0.3 is 9.26 Å². The van der Waals surface area contributed by atoms with Gasteiger partial charge in [-0.2, -0.15) is 0 Å². The summed E-state index contributed by atoms with van der Waals surface area (Å²) in [5, 5.41) is -1.68. The molecule has 6 nitrogen and oxygen atoms in total. The summed E-state index contributed by atoms with van der Waals surface area (Å²) in [5.74, 6) is -0.814. The van der Waals surface area contributed by atoms with Crippen LogP contribution < -0.4 is 0 Å². The van der Waals surface area contributed by atoms with E-state index in [1.54, 1.807) is 0 Å². The van der Waals surface area contributed by atoms with E-state index in [0.717, 1.165) is 20.3 Å². The molecule has 0 amide bonds. The van der Waals surface area contributed by atoms with E-state index in [1.807, 2.05) is 0 Å². The fourth-order valence-corrected chi connectivity index (χ4v) is 3.01. The monoisotopic (exact) mass is 230 g/mol. The van der Waals surface area contributed by atoms with Crippen LogP contribution in [0.5, 0.6) is 0 Å². The zero-order valence-electron chi connectivity index (χ0n) is 7.44. The molecular weight excluding hydrogens is 219 g/mol. The van der Waals surface area contributed by atoms with Gasteiger partial charge in [-0.1, -0.05) is 0 Å². The summed E-state index contributed by atoms with van der Waals surface area (Å²) in [6.45, 7) is 1.03. The Morgan fingerprint density at radius 2 is 1.92 bits per heavy atom. The van der Waals surface area contributed by atoms with Gasteiger partial charge in [-0.25, -0.2) is 8.42 Å². The van der Waals surface area contributed by atoms with E-state index < -0.39 is 29.0 Å². The van der Waals surface area contributed by atoms with E-state index in [9.17, 15) is 17.8 Å². The van der Waals surface area contributed by atoms with E-state index in [4.69, 9.17) is 0 Å². The van der Waals surface area contributed by atoms with Crippen LogP contribution in [-0.2, 0) is 28.5 Å². The molecule has 0 bridgehead atoms. The van der Waals surface area contributed by atoms with E-state index in [0.29, 0.717) is 0 Å². The lowest BCUT2D eigenvalue weighted by Crippen LogP contribution is -2.22. The molecule has 0 spiro atoms. The lowest BCUT2D eigenvalue weighted by Gasteiger charge is -2.12. The third-order valence-electron chi connectivity index (χ3n) is 1.06. The Morgan fingerprint density at radius 3 is 2.15 bits per heavy atom. The first-order valence-corrected chi connectivity index (χ1v) is 6.57. The Balaban J connectivity index is 4.77. The fourth-order valence-electron chi connectivity index (χ4n) is 0.557. The van der Waals surface area contributed by atoms with Gasteiger partial charge in [0.25, 0.3) is 5.18 Å². The molecular formula is C5H11O6PS. The number of sulfone groups is 1. The van der Waals surface area contributed by atoms with Crippen LogP contribution in [0.3, 0.4) is 0 Å². The van der Waals surface area contributed by atoms with E-state index in [2.05, 4.69) is 9.26 Å². The minimum absolute atomic E-state index is 0.814. The van der Waals surface area contributed by atoms with Crippen molar-refractivity contribution >= 4 is 23.8 Å². The van der Waals surface area contributed by atoms with Crippen molar-refractivity contribution in [3.05, 3.63) is 0 Å². The van der Waals surface area contributed by atoms with Crippen LogP contribution in [0.4, 0.5) is 0 Å². The van der Waals surface area contributed by atoms with Crippen molar-refractivity contribution in [2.75, 3.05) is 13.4 Å². The predicted octanol–water partition coefficient (Wildman–Crippen LogP) is -0.00120. The highest BCUT2D eigenvalue weighted by molar-refractivity contribution is 7.96. The van der Waals surface area contributed by atoms with Crippen molar-refractivity contribution < 1.29 is 27.0 Å². The first-order valence-electron chi connectivity index (χ1n) is 3.23. The molecule has 0 aliphatic heterocycles. The van der Waals surface area contributed by atoms with Gasteiger partial charge >= 0.3 is 5.97 Å². The van der Waals surface area contributed by atoms with Gasteiger partial charge in [0.1, 0.15) is 0 Å². The third kappa shape index (κ3) is 4.40. The Morgan fingerprint density at radius 1 is 1.46 bits per heavy atom. The topological polar surface area (TPSA) is 86.7 Å². The summed E-state index contributed by atoms with van der Waals surface area (Å²) in [6, 6.07) is 0. The Hall–Kier alpha value is -0.390. The number of esters is 1. The molecule has 0 aliphatic rings. The Labute approximate surface area is 77.0 Å². The highest BCUT2D eigenvalue weighted by Gasteiger charge is 2.30. The highest BCUT2D eigenvalue weighted by atomic mass is 32.2. The Bertz CT molecular complexity index is 307. The summed E-state index contributed by atoms with van der Waals surface area (Å²) in [6.07, 6.45) is 0.822. The van der Waals surface area contributed by atoms with Crippen LogP contribution in [0.1, 0.15) is 6.92 Å². The number of rotatable bonds is 4. The second-order valence-electron chi connectivity index (χ2n) is 2.29. The highest BCUT2D eigenvalue weighted by Crippen LogP contribution is 2.32. The van der Waals surface area contributed by atoms with Crippen molar-refractivity contribution in [2.45, 2.75) is 12.1 Å². The molecule has 0 heterocycles. The van der Waals surface area contributed by atoms with Crippen LogP contribution >= 0.6 is 8.03 Å². The molecule has 0 aliphatic carbocycles. The average Bonchev–Trinajstić information content (AvgIpc) is 1.96. The number of ether oxygens (including phenoxy) is 1. The lowest BCUT2D eigenvalue weighted by atomic mass is 10.8. The molecule has 2 atom stereocenters. The van der Waals surface area contributed by atoms with E-state index in [-0.39, 0.29) is 0 Å². The van der Waals surface area contributed by atoms with Crippen LogP contribution in [-0.4, -0.2) is 32.9 Å².